The lowest BCUT2D eigenvalue weighted by atomic mass is 10.0. The molecule has 1 aromatic heterocycles. The third kappa shape index (κ3) is 5.44. The standard InChI is InChI=1S/C18H24BrN5.HI/c1-3-20-18(21-10-14-4-6-17(19)7-5-14)24-9-8-15(13-24)16-11-22-23(2)12-16;/h4-7,11-12,15H,3,8-10,13H2,1-2H3,(H,20,21);1H. The van der Waals surface area contributed by atoms with Gasteiger partial charge in [-0.25, -0.2) is 4.99 Å². The van der Waals surface area contributed by atoms with Gasteiger partial charge < -0.3 is 10.2 Å². The normalized spacial score (nSPS) is 17.5. The number of aryl methyl sites for hydroxylation is 1. The molecule has 3 rings (SSSR count). The summed E-state index contributed by atoms with van der Waals surface area (Å²) in [5, 5.41) is 7.73. The van der Waals surface area contributed by atoms with Crippen LogP contribution in [0.3, 0.4) is 0 Å². The molecule has 7 heteroatoms. The first kappa shape index (κ1) is 20.2. The maximum absolute atomic E-state index is 4.82. The minimum Gasteiger partial charge on any atom is -0.357 e. The Morgan fingerprint density at radius 1 is 1.36 bits per heavy atom. The van der Waals surface area contributed by atoms with Gasteiger partial charge in [0.25, 0.3) is 0 Å². The van der Waals surface area contributed by atoms with Crippen molar-refractivity contribution in [1.82, 2.24) is 20.0 Å². The van der Waals surface area contributed by atoms with Crippen molar-refractivity contribution in [2.75, 3.05) is 19.6 Å². The van der Waals surface area contributed by atoms with E-state index in [0.29, 0.717) is 12.5 Å². The van der Waals surface area contributed by atoms with E-state index in [2.05, 4.69) is 68.6 Å². The van der Waals surface area contributed by atoms with Crippen LogP contribution in [0, 0.1) is 0 Å². The molecule has 1 unspecified atom stereocenters. The van der Waals surface area contributed by atoms with Gasteiger partial charge in [-0.1, -0.05) is 28.1 Å². The molecule has 0 aliphatic carbocycles. The number of likely N-dealkylation sites (tertiary alicyclic amines) is 1. The summed E-state index contributed by atoms with van der Waals surface area (Å²) in [5.41, 5.74) is 2.54. The van der Waals surface area contributed by atoms with Gasteiger partial charge in [0.05, 0.1) is 12.7 Å². The summed E-state index contributed by atoms with van der Waals surface area (Å²) in [5.74, 6) is 1.54. The number of hydrogen-bond acceptors (Lipinski definition) is 2. The van der Waals surface area contributed by atoms with E-state index in [1.807, 2.05) is 17.9 Å². The fraction of sp³-hybridized carbons (Fsp3) is 0.444. The number of halogens is 2. The van der Waals surface area contributed by atoms with Crippen molar-refractivity contribution in [3.8, 4) is 0 Å². The summed E-state index contributed by atoms with van der Waals surface area (Å²) >= 11 is 3.47. The topological polar surface area (TPSA) is 45.5 Å². The highest BCUT2D eigenvalue weighted by Gasteiger charge is 2.26. The van der Waals surface area contributed by atoms with Crippen molar-refractivity contribution in [3.63, 3.8) is 0 Å². The third-order valence-electron chi connectivity index (χ3n) is 4.34. The molecule has 1 saturated heterocycles. The van der Waals surface area contributed by atoms with Crippen LogP contribution in [0.5, 0.6) is 0 Å². The number of nitrogens with one attached hydrogen (secondary N) is 1. The van der Waals surface area contributed by atoms with Gasteiger partial charge in [-0.15, -0.1) is 24.0 Å². The van der Waals surface area contributed by atoms with Gasteiger partial charge >= 0.3 is 0 Å². The Labute approximate surface area is 175 Å². The molecule has 0 spiro atoms. The molecule has 25 heavy (non-hydrogen) atoms. The molecule has 1 aromatic carbocycles. The van der Waals surface area contributed by atoms with Gasteiger partial charge in [0.1, 0.15) is 0 Å². The zero-order chi connectivity index (χ0) is 16.9. The lowest BCUT2D eigenvalue weighted by Crippen LogP contribution is -2.40. The van der Waals surface area contributed by atoms with E-state index >= 15 is 0 Å². The van der Waals surface area contributed by atoms with Gasteiger partial charge in [-0.2, -0.15) is 5.10 Å². The number of aliphatic imine (C=N–C) groups is 1. The van der Waals surface area contributed by atoms with Gasteiger partial charge in [-0.05, 0) is 36.6 Å². The van der Waals surface area contributed by atoms with E-state index in [9.17, 15) is 0 Å². The molecule has 1 N–H and O–H groups in total. The van der Waals surface area contributed by atoms with E-state index in [-0.39, 0.29) is 24.0 Å². The van der Waals surface area contributed by atoms with E-state index in [4.69, 9.17) is 4.99 Å². The maximum Gasteiger partial charge on any atom is 0.194 e. The van der Waals surface area contributed by atoms with Crippen molar-refractivity contribution in [1.29, 1.82) is 0 Å². The predicted molar refractivity (Wildman–Crippen MR) is 117 cm³/mol. The lowest BCUT2D eigenvalue weighted by Gasteiger charge is -2.21. The Kier molecular flexibility index (Phi) is 7.74. The quantitative estimate of drug-likeness (QED) is 0.381. The van der Waals surface area contributed by atoms with Gasteiger partial charge in [0, 0.05) is 43.3 Å². The molecule has 1 aliphatic rings. The second-order valence-electron chi connectivity index (χ2n) is 6.18. The van der Waals surface area contributed by atoms with E-state index in [1.165, 1.54) is 11.1 Å². The second kappa shape index (κ2) is 9.56. The highest BCUT2D eigenvalue weighted by Crippen LogP contribution is 2.26. The van der Waals surface area contributed by atoms with E-state index in [1.54, 1.807) is 0 Å². The Balaban J connectivity index is 0.00000225. The number of aromatic nitrogens is 2. The summed E-state index contributed by atoms with van der Waals surface area (Å²) in [7, 11) is 1.97. The summed E-state index contributed by atoms with van der Waals surface area (Å²) < 4.78 is 2.98. The monoisotopic (exact) mass is 517 g/mol. The molecule has 0 radical (unpaired) electrons. The fourth-order valence-corrected chi connectivity index (χ4v) is 3.32. The maximum atomic E-state index is 4.82. The van der Waals surface area contributed by atoms with Crippen LogP contribution in [-0.4, -0.2) is 40.3 Å². The smallest absolute Gasteiger partial charge is 0.194 e. The highest BCUT2D eigenvalue weighted by atomic mass is 127. The first-order valence-corrected chi connectivity index (χ1v) is 9.21. The Hall–Kier alpha value is -1.09. The Morgan fingerprint density at radius 2 is 2.12 bits per heavy atom. The third-order valence-corrected chi connectivity index (χ3v) is 4.87. The Bertz CT molecular complexity index is 698. The second-order valence-corrected chi connectivity index (χ2v) is 7.09. The van der Waals surface area contributed by atoms with Crippen molar-refractivity contribution in [2.45, 2.75) is 25.8 Å². The van der Waals surface area contributed by atoms with Crippen LogP contribution < -0.4 is 5.32 Å². The SMILES string of the molecule is CCNC(=NCc1ccc(Br)cc1)N1CCC(c2cnn(C)c2)C1.I. The van der Waals surface area contributed by atoms with Crippen LogP contribution in [0.1, 0.15) is 30.4 Å². The van der Waals surface area contributed by atoms with Gasteiger partial charge in [0.2, 0.25) is 0 Å². The van der Waals surface area contributed by atoms with Crippen LogP contribution in [0.25, 0.3) is 0 Å². The highest BCUT2D eigenvalue weighted by molar-refractivity contribution is 14.0. The van der Waals surface area contributed by atoms with Crippen molar-refractivity contribution < 1.29 is 0 Å². The molecule has 1 aliphatic heterocycles. The predicted octanol–water partition coefficient (Wildman–Crippen LogP) is 3.76. The lowest BCUT2D eigenvalue weighted by molar-refractivity contribution is 0.486. The molecule has 1 fully saturated rings. The first-order chi connectivity index (χ1) is 11.7. The van der Waals surface area contributed by atoms with Crippen LogP contribution in [0.2, 0.25) is 0 Å². The largest absolute Gasteiger partial charge is 0.357 e. The number of nitrogens with zero attached hydrogens (tertiary/aromatic N) is 4. The number of rotatable bonds is 4. The van der Waals surface area contributed by atoms with Crippen LogP contribution in [0.15, 0.2) is 46.1 Å². The number of benzene rings is 1. The van der Waals surface area contributed by atoms with E-state index < -0.39 is 0 Å². The van der Waals surface area contributed by atoms with Crippen molar-refractivity contribution in [2.24, 2.45) is 12.0 Å². The number of hydrogen-bond donors (Lipinski definition) is 1. The molecule has 0 amide bonds. The zero-order valence-electron chi connectivity index (χ0n) is 14.7. The molecule has 2 heterocycles. The zero-order valence-corrected chi connectivity index (χ0v) is 18.6. The minimum absolute atomic E-state index is 0. The molecular weight excluding hydrogens is 493 g/mol. The molecular formula is C18H25BrIN5. The minimum atomic E-state index is 0. The molecule has 0 saturated carbocycles. The fourth-order valence-electron chi connectivity index (χ4n) is 3.06. The average molecular weight is 518 g/mol. The number of guanidine groups is 1. The molecule has 0 bridgehead atoms. The van der Waals surface area contributed by atoms with Crippen LogP contribution >= 0.6 is 39.9 Å². The average Bonchev–Trinajstić information content (AvgIpc) is 3.22. The summed E-state index contributed by atoms with van der Waals surface area (Å²) in [6, 6.07) is 8.34. The van der Waals surface area contributed by atoms with Gasteiger partial charge in [0.15, 0.2) is 5.96 Å². The van der Waals surface area contributed by atoms with Crippen LogP contribution in [0.4, 0.5) is 0 Å². The summed E-state index contributed by atoms with van der Waals surface area (Å²) in [6.07, 6.45) is 5.26. The summed E-state index contributed by atoms with van der Waals surface area (Å²) in [4.78, 5) is 7.19. The molecule has 136 valence electrons. The van der Waals surface area contributed by atoms with Crippen molar-refractivity contribution in [3.05, 3.63) is 52.3 Å². The molecule has 5 nitrogen and oxygen atoms in total. The van der Waals surface area contributed by atoms with Crippen molar-refractivity contribution >= 4 is 45.9 Å². The van der Waals surface area contributed by atoms with E-state index in [0.717, 1.165) is 36.5 Å². The Morgan fingerprint density at radius 3 is 2.76 bits per heavy atom. The summed E-state index contributed by atoms with van der Waals surface area (Å²) in [6.45, 7) is 5.73. The van der Waals surface area contributed by atoms with Crippen LogP contribution in [-0.2, 0) is 13.6 Å². The molecule has 1 atom stereocenters. The van der Waals surface area contributed by atoms with Gasteiger partial charge in [-0.3, -0.25) is 4.68 Å². The first-order valence-electron chi connectivity index (χ1n) is 8.42. The molecule has 2 aromatic rings.